The van der Waals surface area contributed by atoms with E-state index in [4.69, 9.17) is 9.84 Å². The summed E-state index contributed by atoms with van der Waals surface area (Å²) < 4.78 is 4.92. The standard InChI is InChI=1S/C11H12N4O2/c1-7-5-8(6-16)13-11(12-7)9-3-4-10(17-2)15-14-9/h3-5,16H,6H2,1-2H3. The molecule has 0 aliphatic carbocycles. The smallest absolute Gasteiger partial charge is 0.233 e. The second-order valence-electron chi connectivity index (χ2n) is 3.44. The fraction of sp³-hybridized carbons (Fsp3) is 0.273. The first kappa shape index (κ1) is 11.4. The van der Waals surface area contributed by atoms with Crippen molar-refractivity contribution in [2.45, 2.75) is 13.5 Å². The van der Waals surface area contributed by atoms with Gasteiger partial charge in [-0.05, 0) is 19.1 Å². The van der Waals surface area contributed by atoms with Crippen LogP contribution in [0.5, 0.6) is 5.88 Å². The summed E-state index contributed by atoms with van der Waals surface area (Å²) in [5, 5.41) is 16.9. The summed E-state index contributed by atoms with van der Waals surface area (Å²) in [4.78, 5) is 8.42. The Morgan fingerprint density at radius 3 is 2.65 bits per heavy atom. The van der Waals surface area contributed by atoms with Crippen LogP contribution in [-0.4, -0.2) is 32.4 Å². The Hall–Kier alpha value is -2.08. The molecule has 0 fully saturated rings. The number of aryl methyl sites for hydroxylation is 1. The fourth-order valence-electron chi connectivity index (χ4n) is 1.38. The number of methoxy groups -OCH3 is 1. The lowest BCUT2D eigenvalue weighted by Gasteiger charge is -2.03. The van der Waals surface area contributed by atoms with Gasteiger partial charge in [-0.25, -0.2) is 9.97 Å². The minimum absolute atomic E-state index is 0.125. The number of hydrogen-bond donors (Lipinski definition) is 1. The van der Waals surface area contributed by atoms with E-state index in [2.05, 4.69) is 20.2 Å². The van der Waals surface area contributed by atoms with Crippen LogP contribution in [-0.2, 0) is 6.61 Å². The minimum atomic E-state index is -0.125. The first-order valence-electron chi connectivity index (χ1n) is 5.06. The summed E-state index contributed by atoms with van der Waals surface area (Å²) in [7, 11) is 1.52. The van der Waals surface area contributed by atoms with Crippen molar-refractivity contribution in [2.24, 2.45) is 0 Å². The molecule has 0 radical (unpaired) electrons. The highest BCUT2D eigenvalue weighted by atomic mass is 16.5. The molecule has 1 N–H and O–H groups in total. The molecule has 0 atom stereocenters. The van der Waals surface area contributed by atoms with Gasteiger partial charge in [0, 0.05) is 11.8 Å². The molecule has 2 aromatic rings. The molecule has 0 aliphatic heterocycles. The molecule has 0 amide bonds. The Morgan fingerprint density at radius 1 is 1.24 bits per heavy atom. The third-order valence-electron chi connectivity index (χ3n) is 2.15. The third-order valence-corrected chi connectivity index (χ3v) is 2.15. The Kier molecular flexibility index (Phi) is 3.24. The number of rotatable bonds is 3. The molecule has 2 rings (SSSR count). The van der Waals surface area contributed by atoms with Gasteiger partial charge in [-0.1, -0.05) is 0 Å². The van der Waals surface area contributed by atoms with Gasteiger partial charge in [0.15, 0.2) is 5.82 Å². The van der Waals surface area contributed by atoms with Crippen molar-refractivity contribution in [3.8, 4) is 17.4 Å². The average Bonchev–Trinajstić information content (AvgIpc) is 2.38. The van der Waals surface area contributed by atoms with Crippen molar-refractivity contribution >= 4 is 0 Å². The molecule has 0 aliphatic rings. The van der Waals surface area contributed by atoms with E-state index >= 15 is 0 Å². The van der Waals surface area contributed by atoms with Gasteiger partial charge in [-0.3, -0.25) is 0 Å². The maximum atomic E-state index is 9.07. The second kappa shape index (κ2) is 4.84. The molecular weight excluding hydrogens is 220 g/mol. The highest BCUT2D eigenvalue weighted by Crippen LogP contribution is 2.14. The van der Waals surface area contributed by atoms with Gasteiger partial charge < -0.3 is 9.84 Å². The van der Waals surface area contributed by atoms with Crippen molar-refractivity contribution in [3.05, 3.63) is 29.6 Å². The average molecular weight is 232 g/mol. The molecule has 0 aromatic carbocycles. The van der Waals surface area contributed by atoms with E-state index in [0.29, 0.717) is 23.1 Å². The van der Waals surface area contributed by atoms with Crippen LogP contribution < -0.4 is 4.74 Å². The molecule has 6 heteroatoms. The highest BCUT2D eigenvalue weighted by Gasteiger charge is 2.07. The monoisotopic (exact) mass is 232 g/mol. The molecule has 0 unspecified atom stereocenters. The Bertz CT molecular complexity index is 513. The number of aliphatic hydroxyl groups excluding tert-OH is 1. The number of ether oxygens (including phenoxy) is 1. The summed E-state index contributed by atoms with van der Waals surface area (Å²) in [6.07, 6.45) is 0. The van der Waals surface area contributed by atoms with Crippen LogP contribution in [0.25, 0.3) is 11.5 Å². The van der Waals surface area contributed by atoms with Crippen molar-refractivity contribution in [2.75, 3.05) is 7.11 Å². The summed E-state index contributed by atoms with van der Waals surface area (Å²) in [5.41, 5.74) is 1.88. The van der Waals surface area contributed by atoms with Crippen molar-refractivity contribution in [3.63, 3.8) is 0 Å². The summed E-state index contributed by atoms with van der Waals surface area (Å²) in [6.45, 7) is 1.71. The molecule has 0 saturated heterocycles. The molecule has 0 saturated carbocycles. The van der Waals surface area contributed by atoms with Crippen LogP contribution in [0.3, 0.4) is 0 Å². The lowest BCUT2D eigenvalue weighted by molar-refractivity contribution is 0.276. The van der Waals surface area contributed by atoms with E-state index in [9.17, 15) is 0 Å². The lowest BCUT2D eigenvalue weighted by atomic mass is 10.3. The predicted molar refractivity (Wildman–Crippen MR) is 60.3 cm³/mol. The van der Waals surface area contributed by atoms with Crippen molar-refractivity contribution < 1.29 is 9.84 Å². The molecular formula is C11H12N4O2. The number of aliphatic hydroxyl groups is 1. The lowest BCUT2D eigenvalue weighted by Crippen LogP contribution is -2.00. The van der Waals surface area contributed by atoms with E-state index in [1.807, 2.05) is 6.92 Å². The summed E-state index contributed by atoms with van der Waals surface area (Å²) in [6, 6.07) is 5.13. The first-order valence-corrected chi connectivity index (χ1v) is 5.06. The highest BCUT2D eigenvalue weighted by molar-refractivity contribution is 5.48. The number of hydrogen-bond acceptors (Lipinski definition) is 6. The Morgan fingerprint density at radius 2 is 2.06 bits per heavy atom. The summed E-state index contributed by atoms with van der Waals surface area (Å²) >= 11 is 0. The molecule has 2 heterocycles. The largest absolute Gasteiger partial charge is 0.480 e. The van der Waals surface area contributed by atoms with Gasteiger partial charge in [0.25, 0.3) is 0 Å². The minimum Gasteiger partial charge on any atom is -0.480 e. The maximum Gasteiger partial charge on any atom is 0.233 e. The normalized spacial score (nSPS) is 10.3. The summed E-state index contributed by atoms with van der Waals surface area (Å²) in [5.74, 6) is 0.882. The van der Waals surface area contributed by atoms with Crippen LogP contribution in [0.4, 0.5) is 0 Å². The Balaban J connectivity index is 2.41. The predicted octanol–water partition coefficient (Wildman–Crippen LogP) is 0.743. The van der Waals surface area contributed by atoms with E-state index in [0.717, 1.165) is 5.69 Å². The van der Waals surface area contributed by atoms with Crippen molar-refractivity contribution in [1.29, 1.82) is 0 Å². The van der Waals surface area contributed by atoms with E-state index in [1.165, 1.54) is 7.11 Å². The van der Waals surface area contributed by atoms with Gasteiger partial charge in [0.2, 0.25) is 5.88 Å². The maximum absolute atomic E-state index is 9.07. The van der Waals surface area contributed by atoms with Crippen LogP contribution in [0.2, 0.25) is 0 Å². The number of nitrogens with zero attached hydrogens (tertiary/aromatic N) is 4. The number of aromatic nitrogens is 4. The van der Waals surface area contributed by atoms with Crippen molar-refractivity contribution in [1.82, 2.24) is 20.2 Å². The zero-order valence-electron chi connectivity index (χ0n) is 9.58. The third kappa shape index (κ3) is 2.54. The zero-order valence-corrected chi connectivity index (χ0v) is 9.58. The van der Waals surface area contributed by atoms with Gasteiger partial charge in [-0.15, -0.1) is 10.2 Å². The van der Waals surface area contributed by atoms with Gasteiger partial charge >= 0.3 is 0 Å². The van der Waals surface area contributed by atoms with Gasteiger partial charge in [0.1, 0.15) is 5.69 Å². The van der Waals surface area contributed by atoms with Crippen LogP contribution in [0, 0.1) is 6.92 Å². The van der Waals surface area contributed by atoms with Crippen LogP contribution in [0.1, 0.15) is 11.4 Å². The van der Waals surface area contributed by atoms with Gasteiger partial charge in [-0.2, -0.15) is 0 Å². The van der Waals surface area contributed by atoms with Crippen LogP contribution in [0.15, 0.2) is 18.2 Å². The van der Waals surface area contributed by atoms with E-state index < -0.39 is 0 Å². The molecule has 17 heavy (non-hydrogen) atoms. The van der Waals surface area contributed by atoms with Gasteiger partial charge in [0.05, 0.1) is 19.4 Å². The molecule has 88 valence electrons. The fourth-order valence-corrected chi connectivity index (χ4v) is 1.38. The molecule has 2 aromatic heterocycles. The molecule has 6 nitrogen and oxygen atoms in total. The molecule has 0 spiro atoms. The SMILES string of the molecule is COc1ccc(-c2nc(C)cc(CO)n2)nn1. The molecule has 0 bridgehead atoms. The van der Waals surface area contributed by atoms with Crippen LogP contribution >= 0.6 is 0 Å². The zero-order chi connectivity index (χ0) is 12.3. The topological polar surface area (TPSA) is 81.0 Å². The second-order valence-corrected chi connectivity index (χ2v) is 3.44. The Labute approximate surface area is 98.3 Å². The van der Waals surface area contributed by atoms with E-state index in [1.54, 1.807) is 18.2 Å². The van der Waals surface area contributed by atoms with E-state index in [-0.39, 0.29) is 6.61 Å². The quantitative estimate of drug-likeness (QED) is 0.840. The first-order chi connectivity index (χ1) is 8.22.